The number of amidine groups is 1. The number of nitrogens with one attached hydrogen (secondary N) is 2. The van der Waals surface area contributed by atoms with E-state index in [0.29, 0.717) is 10.9 Å². The molecule has 132 valence electrons. The Bertz CT molecular complexity index is 853. The molecule has 3 rings (SSSR count). The summed E-state index contributed by atoms with van der Waals surface area (Å²) in [6, 6.07) is 16.8. The molecule has 1 aliphatic heterocycles. The summed E-state index contributed by atoms with van der Waals surface area (Å²) in [7, 11) is 0. The molecule has 0 unspecified atom stereocenters. The topological polar surface area (TPSA) is 82.9 Å². The van der Waals surface area contributed by atoms with E-state index in [1.54, 1.807) is 18.3 Å². The van der Waals surface area contributed by atoms with Crippen molar-refractivity contribution in [2.75, 3.05) is 5.32 Å². The predicted octanol–water partition coefficient (Wildman–Crippen LogP) is 3.40. The minimum absolute atomic E-state index is 0.0635. The fourth-order valence-electron chi connectivity index (χ4n) is 2.19. The van der Waals surface area contributed by atoms with Gasteiger partial charge in [0, 0.05) is 16.6 Å². The maximum Gasteiger partial charge on any atom is 0.240 e. The van der Waals surface area contributed by atoms with Gasteiger partial charge in [0.05, 0.1) is 6.21 Å². The standard InChI is InChI=1S/C18H15BrN4O2S/c19-13-6-8-14(9-7-13)21-16(24)10-15-17(25)22-18(26-15)23-20-11-12-4-2-1-3-5-12/h1-9,11,15H,10H2,(H,21,24)(H,22,23,25)/b20-11-/t15-/m0/s1. The molecular formula is C18H15BrN4O2S. The van der Waals surface area contributed by atoms with Crippen molar-refractivity contribution in [3.8, 4) is 0 Å². The summed E-state index contributed by atoms with van der Waals surface area (Å²) in [5, 5.41) is 13.3. The fraction of sp³-hybridized carbons (Fsp3) is 0.111. The summed E-state index contributed by atoms with van der Waals surface area (Å²) in [5.74, 6) is -0.469. The van der Waals surface area contributed by atoms with E-state index in [2.05, 4.69) is 36.8 Å². The van der Waals surface area contributed by atoms with E-state index in [1.165, 1.54) is 11.8 Å². The number of carbonyl (C=O) groups excluding carboxylic acids is 2. The molecule has 2 N–H and O–H groups in total. The molecule has 0 bridgehead atoms. The van der Waals surface area contributed by atoms with Crippen LogP contribution in [-0.4, -0.2) is 28.4 Å². The molecule has 2 amide bonds. The Morgan fingerprint density at radius 3 is 2.65 bits per heavy atom. The Balaban J connectivity index is 1.54. The van der Waals surface area contributed by atoms with Crippen LogP contribution in [-0.2, 0) is 9.59 Å². The first kappa shape index (κ1) is 18.3. The van der Waals surface area contributed by atoms with Crippen molar-refractivity contribution < 1.29 is 9.59 Å². The first-order valence-corrected chi connectivity index (χ1v) is 9.46. The molecule has 1 aliphatic rings. The van der Waals surface area contributed by atoms with Gasteiger partial charge in [0.2, 0.25) is 11.8 Å². The molecule has 0 aliphatic carbocycles. The summed E-state index contributed by atoms with van der Waals surface area (Å²) >= 11 is 4.54. The summed E-state index contributed by atoms with van der Waals surface area (Å²) in [6.45, 7) is 0. The van der Waals surface area contributed by atoms with Crippen LogP contribution in [0, 0.1) is 0 Å². The average Bonchev–Trinajstić information content (AvgIpc) is 2.97. The molecule has 1 atom stereocenters. The maximum atomic E-state index is 12.1. The zero-order valence-electron chi connectivity index (χ0n) is 13.6. The number of amides is 2. The molecule has 0 saturated carbocycles. The number of anilines is 1. The summed E-state index contributed by atoms with van der Waals surface area (Å²) in [5.41, 5.74) is 1.60. The second-order valence-corrected chi connectivity index (χ2v) is 7.52. The molecular weight excluding hydrogens is 416 g/mol. The summed E-state index contributed by atoms with van der Waals surface area (Å²) < 4.78 is 0.929. The lowest BCUT2D eigenvalue weighted by Crippen LogP contribution is -2.28. The third-order valence-electron chi connectivity index (χ3n) is 3.43. The van der Waals surface area contributed by atoms with Gasteiger partial charge < -0.3 is 10.6 Å². The van der Waals surface area contributed by atoms with Gasteiger partial charge in [0.25, 0.3) is 0 Å². The Hall–Kier alpha value is -2.45. The predicted molar refractivity (Wildman–Crippen MR) is 108 cm³/mol. The van der Waals surface area contributed by atoms with Crippen molar-refractivity contribution in [3.05, 3.63) is 64.6 Å². The van der Waals surface area contributed by atoms with Crippen molar-refractivity contribution in [1.29, 1.82) is 0 Å². The van der Waals surface area contributed by atoms with Crippen molar-refractivity contribution in [3.63, 3.8) is 0 Å². The van der Waals surface area contributed by atoms with Crippen LogP contribution in [0.2, 0.25) is 0 Å². The number of nitrogens with zero attached hydrogens (tertiary/aromatic N) is 2. The number of thioether (sulfide) groups is 1. The van der Waals surface area contributed by atoms with Crippen molar-refractivity contribution >= 4 is 56.6 Å². The van der Waals surface area contributed by atoms with Gasteiger partial charge in [-0.25, -0.2) is 0 Å². The van der Waals surface area contributed by atoms with Crippen molar-refractivity contribution in [2.45, 2.75) is 11.7 Å². The molecule has 0 radical (unpaired) electrons. The molecule has 1 saturated heterocycles. The number of carbonyl (C=O) groups is 2. The Morgan fingerprint density at radius 1 is 1.19 bits per heavy atom. The van der Waals surface area contributed by atoms with Crippen LogP contribution in [0.1, 0.15) is 12.0 Å². The molecule has 0 aromatic heterocycles. The third kappa shape index (κ3) is 5.27. The highest BCUT2D eigenvalue weighted by Gasteiger charge is 2.32. The second-order valence-electron chi connectivity index (χ2n) is 5.42. The van der Waals surface area contributed by atoms with Crippen molar-refractivity contribution in [1.82, 2.24) is 5.32 Å². The molecule has 1 fully saturated rings. The number of hydrogen-bond acceptors (Lipinski definition) is 5. The van der Waals surface area contributed by atoms with Gasteiger partial charge >= 0.3 is 0 Å². The van der Waals surface area contributed by atoms with Gasteiger partial charge in [-0.05, 0) is 29.8 Å². The van der Waals surface area contributed by atoms with Gasteiger partial charge in [-0.3, -0.25) is 9.59 Å². The lowest BCUT2D eigenvalue weighted by molar-refractivity contribution is -0.122. The smallest absolute Gasteiger partial charge is 0.240 e. The molecule has 26 heavy (non-hydrogen) atoms. The van der Waals surface area contributed by atoms with E-state index >= 15 is 0 Å². The van der Waals surface area contributed by atoms with Gasteiger partial charge in [-0.15, -0.1) is 5.10 Å². The zero-order chi connectivity index (χ0) is 18.4. The van der Waals surface area contributed by atoms with E-state index in [0.717, 1.165) is 10.0 Å². The van der Waals surface area contributed by atoms with Gasteiger partial charge in [0.1, 0.15) is 5.25 Å². The normalized spacial score (nSPS) is 18.3. The number of hydrogen-bond donors (Lipinski definition) is 2. The zero-order valence-corrected chi connectivity index (χ0v) is 16.0. The van der Waals surface area contributed by atoms with Gasteiger partial charge in [-0.1, -0.05) is 58.0 Å². The van der Waals surface area contributed by atoms with Gasteiger partial charge in [-0.2, -0.15) is 5.10 Å². The molecule has 1 heterocycles. The monoisotopic (exact) mass is 430 g/mol. The largest absolute Gasteiger partial charge is 0.326 e. The van der Waals surface area contributed by atoms with Crippen LogP contribution in [0.25, 0.3) is 0 Å². The van der Waals surface area contributed by atoms with Crippen LogP contribution >= 0.6 is 27.7 Å². The minimum atomic E-state index is -0.517. The average molecular weight is 431 g/mol. The highest BCUT2D eigenvalue weighted by molar-refractivity contribution is 9.10. The second kappa shape index (κ2) is 8.77. The van der Waals surface area contributed by atoms with Crippen LogP contribution < -0.4 is 10.6 Å². The van der Waals surface area contributed by atoms with E-state index in [4.69, 9.17) is 0 Å². The Labute approximate surface area is 163 Å². The van der Waals surface area contributed by atoms with E-state index in [1.807, 2.05) is 42.5 Å². The highest BCUT2D eigenvalue weighted by Crippen LogP contribution is 2.23. The molecule has 6 nitrogen and oxygen atoms in total. The summed E-state index contributed by atoms with van der Waals surface area (Å²) in [4.78, 5) is 24.1. The van der Waals surface area contributed by atoms with E-state index in [-0.39, 0.29) is 18.2 Å². The lowest BCUT2D eigenvalue weighted by Gasteiger charge is -2.07. The molecule has 8 heteroatoms. The fourth-order valence-corrected chi connectivity index (χ4v) is 3.38. The van der Waals surface area contributed by atoms with Crippen LogP contribution in [0.15, 0.2) is 69.3 Å². The quantitative estimate of drug-likeness (QED) is 0.563. The number of halogens is 1. The van der Waals surface area contributed by atoms with E-state index < -0.39 is 5.25 Å². The maximum absolute atomic E-state index is 12.1. The molecule has 2 aromatic carbocycles. The Kier molecular flexibility index (Phi) is 6.19. The highest BCUT2D eigenvalue weighted by atomic mass is 79.9. The van der Waals surface area contributed by atoms with Crippen LogP contribution in [0.5, 0.6) is 0 Å². The lowest BCUT2D eigenvalue weighted by atomic mass is 10.2. The first-order valence-electron chi connectivity index (χ1n) is 7.79. The molecule has 2 aromatic rings. The number of benzene rings is 2. The van der Waals surface area contributed by atoms with Gasteiger partial charge in [0.15, 0.2) is 5.17 Å². The van der Waals surface area contributed by atoms with Crippen LogP contribution in [0.3, 0.4) is 0 Å². The minimum Gasteiger partial charge on any atom is -0.326 e. The molecule has 0 spiro atoms. The third-order valence-corrected chi connectivity index (χ3v) is 5.03. The number of rotatable bonds is 5. The van der Waals surface area contributed by atoms with Crippen LogP contribution in [0.4, 0.5) is 5.69 Å². The SMILES string of the molecule is O=C(C[C@@H]1S/C(=N\N=C/c2ccccc2)NC1=O)Nc1ccc(Br)cc1. The van der Waals surface area contributed by atoms with E-state index in [9.17, 15) is 9.59 Å². The first-order chi connectivity index (χ1) is 12.6. The Morgan fingerprint density at radius 2 is 1.92 bits per heavy atom. The summed E-state index contributed by atoms with van der Waals surface area (Å²) in [6.07, 6.45) is 1.67. The van der Waals surface area contributed by atoms with Crippen molar-refractivity contribution in [2.24, 2.45) is 10.2 Å².